The number of carbonyl (C=O) groups is 2. The minimum atomic E-state index is -0.712. The van der Waals surface area contributed by atoms with Gasteiger partial charge in [0.1, 0.15) is 12.4 Å². The van der Waals surface area contributed by atoms with Crippen LogP contribution in [0.25, 0.3) is 0 Å². The molecule has 0 saturated carbocycles. The number of nitrogens with one attached hydrogen (secondary N) is 1. The Morgan fingerprint density at radius 3 is 2.43 bits per heavy atom. The molecule has 0 aliphatic carbocycles. The van der Waals surface area contributed by atoms with Crippen LogP contribution in [0.1, 0.15) is 25.5 Å². The topological polar surface area (TPSA) is 67.9 Å². The van der Waals surface area contributed by atoms with E-state index in [1.54, 1.807) is 55.5 Å². The first-order valence-corrected chi connectivity index (χ1v) is 10.3. The molecule has 1 atom stereocenters. The Morgan fingerprint density at radius 1 is 1.10 bits per heavy atom. The van der Waals surface area contributed by atoms with Crippen molar-refractivity contribution in [3.63, 3.8) is 0 Å². The molecular weight excluding hydrogens is 427 g/mol. The summed E-state index contributed by atoms with van der Waals surface area (Å²) in [6, 6.07) is 12.9. The van der Waals surface area contributed by atoms with Gasteiger partial charge in [0, 0.05) is 16.6 Å². The van der Waals surface area contributed by atoms with E-state index in [0.29, 0.717) is 39.2 Å². The highest BCUT2D eigenvalue weighted by Crippen LogP contribution is 2.33. The van der Waals surface area contributed by atoms with Gasteiger partial charge in [-0.25, -0.2) is 9.59 Å². The third-order valence-electron chi connectivity index (χ3n) is 4.60. The van der Waals surface area contributed by atoms with Crippen LogP contribution < -0.4 is 10.1 Å². The molecule has 2 aromatic rings. The van der Waals surface area contributed by atoms with E-state index in [2.05, 4.69) is 5.32 Å². The molecule has 2 aromatic carbocycles. The third-order valence-corrected chi connectivity index (χ3v) is 5.07. The van der Waals surface area contributed by atoms with Gasteiger partial charge in [-0.3, -0.25) is 4.90 Å². The van der Waals surface area contributed by atoms with Crippen LogP contribution in [0.4, 0.5) is 4.79 Å². The van der Waals surface area contributed by atoms with Crippen molar-refractivity contribution in [2.75, 3.05) is 19.8 Å². The number of carbonyl (C=O) groups excluding carboxylic acids is 2. The summed E-state index contributed by atoms with van der Waals surface area (Å²) in [5.41, 5.74) is 1.42. The van der Waals surface area contributed by atoms with Gasteiger partial charge in [-0.2, -0.15) is 0 Å². The SMILES string of the molecule is CCOC(=O)C1=C(COc2cccc(Cl)c2)N(CC)C(=O)NC1c1cccc(Cl)c1. The Bertz CT molecular complexity index is 977. The van der Waals surface area contributed by atoms with Crippen molar-refractivity contribution in [1.29, 1.82) is 0 Å². The minimum absolute atomic E-state index is 0.00713. The first-order valence-electron chi connectivity index (χ1n) is 9.56. The van der Waals surface area contributed by atoms with Crippen molar-refractivity contribution in [1.82, 2.24) is 10.2 Å². The van der Waals surface area contributed by atoms with Crippen LogP contribution >= 0.6 is 23.2 Å². The van der Waals surface area contributed by atoms with E-state index in [4.69, 9.17) is 32.7 Å². The van der Waals surface area contributed by atoms with Crippen molar-refractivity contribution in [2.24, 2.45) is 0 Å². The van der Waals surface area contributed by atoms with E-state index in [-0.39, 0.29) is 19.2 Å². The predicted molar refractivity (Wildman–Crippen MR) is 116 cm³/mol. The van der Waals surface area contributed by atoms with E-state index >= 15 is 0 Å². The minimum Gasteiger partial charge on any atom is -0.487 e. The van der Waals surface area contributed by atoms with Crippen LogP contribution in [0.3, 0.4) is 0 Å². The standard InChI is InChI=1S/C22H22Cl2N2O4/c1-3-26-18(13-30-17-10-6-9-16(24)12-17)19(21(27)29-4-2)20(25-22(26)28)14-7-5-8-15(23)11-14/h5-12,20H,3-4,13H2,1-2H3,(H,25,28). The lowest BCUT2D eigenvalue weighted by molar-refractivity contribution is -0.139. The van der Waals surface area contributed by atoms with E-state index in [1.807, 2.05) is 6.92 Å². The fourth-order valence-corrected chi connectivity index (χ4v) is 3.67. The highest BCUT2D eigenvalue weighted by Gasteiger charge is 2.38. The van der Waals surface area contributed by atoms with E-state index < -0.39 is 12.0 Å². The van der Waals surface area contributed by atoms with Crippen LogP contribution in [0.15, 0.2) is 59.8 Å². The molecular formula is C22H22Cl2N2O4. The zero-order valence-corrected chi connectivity index (χ0v) is 18.2. The molecule has 2 amide bonds. The van der Waals surface area contributed by atoms with Gasteiger partial charge in [-0.15, -0.1) is 0 Å². The van der Waals surface area contributed by atoms with Gasteiger partial charge in [0.15, 0.2) is 0 Å². The number of hydrogen-bond donors (Lipinski definition) is 1. The van der Waals surface area contributed by atoms with Gasteiger partial charge in [0.05, 0.1) is 23.9 Å². The lowest BCUT2D eigenvalue weighted by atomic mass is 9.94. The van der Waals surface area contributed by atoms with E-state index in [9.17, 15) is 9.59 Å². The summed E-state index contributed by atoms with van der Waals surface area (Å²) >= 11 is 12.2. The summed E-state index contributed by atoms with van der Waals surface area (Å²) in [5, 5.41) is 3.91. The Morgan fingerprint density at radius 2 is 1.80 bits per heavy atom. The molecule has 1 heterocycles. The molecule has 1 aliphatic heterocycles. The number of nitrogens with zero attached hydrogens (tertiary/aromatic N) is 1. The molecule has 30 heavy (non-hydrogen) atoms. The molecule has 0 radical (unpaired) electrons. The van der Waals surface area contributed by atoms with Gasteiger partial charge in [0.2, 0.25) is 0 Å². The van der Waals surface area contributed by atoms with Gasteiger partial charge < -0.3 is 14.8 Å². The van der Waals surface area contributed by atoms with E-state index in [1.165, 1.54) is 4.90 Å². The second-order valence-corrected chi connectivity index (χ2v) is 7.38. The number of amides is 2. The third kappa shape index (κ3) is 4.89. The number of esters is 1. The van der Waals surface area contributed by atoms with Gasteiger partial charge >= 0.3 is 12.0 Å². The maximum Gasteiger partial charge on any atom is 0.338 e. The summed E-state index contributed by atoms with van der Waals surface area (Å²) in [6.45, 7) is 4.10. The summed E-state index contributed by atoms with van der Waals surface area (Å²) in [5.74, 6) is 0.00479. The lowest BCUT2D eigenvalue weighted by Gasteiger charge is -2.36. The first kappa shape index (κ1) is 22.0. The summed E-state index contributed by atoms with van der Waals surface area (Å²) in [7, 11) is 0. The Hall–Kier alpha value is -2.70. The second kappa shape index (κ2) is 9.87. The molecule has 0 aromatic heterocycles. The fourth-order valence-electron chi connectivity index (χ4n) is 3.29. The van der Waals surface area contributed by atoms with Crippen LogP contribution in [0.5, 0.6) is 5.75 Å². The van der Waals surface area contributed by atoms with Crippen molar-refractivity contribution in [3.8, 4) is 5.75 Å². The number of rotatable bonds is 7. The maximum atomic E-state index is 12.9. The van der Waals surface area contributed by atoms with Crippen molar-refractivity contribution >= 4 is 35.2 Å². The van der Waals surface area contributed by atoms with Gasteiger partial charge in [-0.05, 0) is 49.7 Å². The average Bonchev–Trinajstić information content (AvgIpc) is 2.72. The smallest absolute Gasteiger partial charge is 0.338 e. The molecule has 0 bridgehead atoms. The molecule has 3 rings (SSSR count). The van der Waals surface area contributed by atoms with Crippen molar-refractivity contribution < 1.29 is 19.1 Å². The summed E-state index contributed by atoms with van der Waals surface area (Å²) in [6.07, 6.45) is 0. The Kier molecular flexibility index (Phi) is 7.24. The maximum absolute atomic E-state index is 12.9. The molecule has 0 fully saturated rings. The highest BCUT2D eigenvalue weighted by atomic mass is 35.5. The fraction of sp³-hybridized carbons (Fsp3) is 0.273. The highest BCUT2D eigenvalue weighted by molar-refractivity contribution is 6.31. The Balaban J connectivity index is 2.07. The number of halogens is 2. The van der Waals surface area contributed by atoms with Crippen LogP contribution in [0, 0.1) is 0 Å². The van der Waals surface area contributed by atoms with Gasteiger partial charge in [-0.1, -0.05) is 41.4 Å². The summed E-state index contributed by atoms with van der Waals surface area (Å²) < 4.78 is 11.2. The number of hydrogen-bond acceptors (Lipinski definition) is 4. The molecule has 0 saturated heterocycles. The van der Waals surface area contributed by atoms with Crippen molar-refractivity contribution in [2.45, 2.75) is 19.9 Å². The molecule has 0 spiro atoms. The molecule has 1 unspecified atom stereocenters. The Labute approximate surface area is 185 Å². The van der Waals surface area contributed by atoms with E-state index in [0.717, 1.165) is 0 Å². The quantitative estimate of drug-likeness (QED) is 0.606. The predicted octanol–water partition coefficient (Wildman–Crippen LogP) is 4.98. The van der Waals surface area contributed by atoms with Gasteiger partial charge in [0.25, 0.3) is 0 Å². The zero-order valence-electron chi connectivity index (χ0n) is 16.7. The molecule has 1 N–H and O–H groups in total. The molecule has 6 nitrogen and oxygen atoms in total. The molecule has 158 valence electrons. The monoisotopic (exact) mass is 448 g/mol. The first-order chi connectivity index (χ1) is 14.4. The number of benzene rings is 2. The lowest BCUT2D eigenvalue weighted by Crippen LogP contribution is -2.49. The van der Waals surface area contributed by atoms with Crippen LogP contribution in [0.2, 0.25) is 10.0 Å². The normalized spacial score (nSPS) is 16.3. The number of likely N-dealkylation sites (N-methyl/N-ethyl adjacent to an activating group) is 1. The summed E-state index contributed by atoms with van der Waals surface area (Å²) in [4.78, 5) is 27.2. The van der Waals surface area contributed by atoms with Crippen LogP contribution in [-0.4, -0.2) is 36.7 Å². The van der Waals surface area contributed by atoms with Crippen molar-refractivity contribution in [3.05, 3.63) is 75.4 Å². The molecule has 1 aliphatic rings. The number of urea groups is 1. The molecule has 8 heteroatoms. The number of ether oxygens (including phenoxy) is 2. The second-order valence-electron chi connectivity index (χ2n) is 6.51. The van der Waals surface area contributed by atoms with Crippen LogP contribution in [-0.2, 0) is 9.53 Å². The average molecular weight is 449 g/mol. The largest absolute Gasteiger partial charge is 0.487 e. The zero-order chi connectivity index (χ0) is 21.7.